The van der Waals surface area contributed by atoms with E-state index in [0.717, 1.165) is 0 Å². The average Bonchev–Trinajstić information content (AvgIpc) is 3.07. The molecular formula is C42H26. The molecule has 42 heavy (non-hydrogen) atoms. The van der Waals surface area contributed by atoms with E-state index < -0.39 is 0 Å². The van der Waals surface area contributed by atoms with Crippen LogP contribution in [0.15, 0.2) is 158 Å². The van der Waals surface area contributed by atoms with Crippen LogP contribution in [0.2, 0.25) is 0 Å². The third-order valence-electron chi connectivity index (χ3n) is 9.03. The van der Waals surface area contributed by atoms with Gasteiger partial charge in [0, 0.05) is 0 Å². The topological polar surface area (TPSA) is 0 Å². The fourth-order valence-electron chi connectivity index (χ4n) is 7.21. The van der Waals surface area contributed by atoms with Gasteiger partial charge in [-0.25, -0.2) is 0 Å². The van der Waals surface area contributed by atoms with Gasteiger partial charge in [0.15, 0.2) is 0 Å². The average molecular weight is 531 g/mol. The van der Waals surface area contributed by atoms with Gasteiger partial charge in [-0.2, -0.15) is 0 Å². The van der Waals surface area contributed by atoms with E-state index in [1.54, 1.807) is 0 Å². The Kier molecular flexibility index (Phi) is 5.00. The van der Waals surface area contributed by atoms with E-state index in [1.165, 1.54) is 86.9 Å². The predicted octanol–water partition coefficient (Wildman–Crippen LogP) is 11.9. The number of hydrogen-bond donors (Lipinski definition) is 0. The smallest absolute Gasteiger partial charge is 0.000764 e. The van der Waals surface area contributed by atoms with Crippen LogP contribution in [0.3, 0.4) is 0 Å². The summed E-state index contributed by atoms with van der Waals surface area (Å²) < 4.78 is 0. The summed E-state index contributed by atoms with van der Waals surface area (Å²) in [6.45, 7) is 0. The van der Waals surface area contributed by atoms with Crippen molar-refractivity contribution in [2.24, 2.45) is 0 Å². The van der Waals surface area contributed by atoms with Crippen molar-refractivity contribution >= 4 is 64.6 Å². The van der Waals surface area contributed by atoms with Gasteiger partial charge in [-0.3, -0.25) is 0 Å². The van der Waals surface area contributed by atoms with Crippen molar-refractivity contribution in [1.29, 1.82) is 0 Å². The van der Waals surface area contributed by atoms with Crippen LogP contribution in [0.5, 0.6) is 0 Å². The summed E-state index contributed by atoms with van der Waals surface area (Å²) in [6.07, 6.45) is 0. The number of hydrogen-bond acceptors (Lipinski definition) is 0. The van der Waals surface area contributed by atoms with Crippen LogP contribution in [-0.4, -0.2) is 0 Å². The third kappa shape index (κ3) is 3.30. The van der Waals surface area contributed by atoms with Crippen molar-refractivity contribution < 1.29 is 0 Å². The molecule has 0 aromatic heterocycles. The molecule has 0 aliphatic heterocycles. The highest BCUT2D eigenvalue weighted by Crippen LogP contribution is 2.48. The maximum absolute atomic E-state index is 2.37. The Hall–Kier alpha value is -5.46. The second-order valence-electron chi connectivity index (χ2n) is 11.2. The number of benzene rings is 9. The minimum Gasteiger partial charge on any atom is -0.0616 e. The minimum absolute atomic E-state index is 1.26. The van der Waals surface area contributed by atoms with Crippen molar-refractivity contribution in [3.8, 4) is 22.3 Å². The van der Waals surface area contributed by atoms with Gasteiger partial charge in [0.25, 0.3) is 0 Å². The number of fused-ring (bicyclic) bond motifs is 10. The second kappa shape index (κ2) is 9.03. The van der Waals surface area contributed by atoms with Gasteiger partial charge in [-0.05, 0) is 86.9 Å². The van der Waals surface area contributed by atoms with Crippen molar-refractivity contribution in [1.82, 2.24) is 0 Å². The van der Waals surface area contributed by atoms with Crippen molar-refractivity contribution in [3.63, 3.8) is 0 Å². The molecule has 0 nitrogen and oxygen atoms in total. The molecule has 0 aliphatic carbocycles. The predicted molar refractivity (Wildman–Crippen MR) is 182 cm³/mol. The van der Waals surface area contributed by atoms with Crippen LogP contribution in [0.25, 0.3) is 86.9 Å². The van der Waals surface area contributed by atoms with Gasteiger partial charge >= 0.3 is 0 Å². The summed E-state index contributed by atoms with van der Waals surface area (Å²) in [6, 6.07) is 58.1. The maximum atomic E-state index is 2.37. The van der Waals surface area contributed by atoms with E-state index >= 15 is 0 Å². The summed E-state index contributed by atoms with van der Waals surface area (Å²) in [5, 5.41) is 15.4. The Labute approximate surface area is 244 Å². The van der Waals surface area contributed by atoms with Crippen molar-refractivity contribution in [3.05, 3.63) is 158 Å². The van der Waals surface area contributed by atoms with E-state index in [4.69, 9.17) is 0 Å². The van der Waals surface area contributed by atoms with Gasteiger partial charge in [0.1, 0.15) is 0 Å². The highest BCUT2D eigenvalue weighted by atomic mass is 14.2. The van der Waals surface area contributed by atoms with Crippen LogP contribution in [0.1, 0.15) is 0 Å². The summed E-state index contributed by atoms with van der Waals surface area (Å²) in [4.78, 5) is 0. The highest BCUT2D eigenvalue weighted by molar-refractivity contribution is 6.35. The normalized spacial score (nSPS) is 11.8. The minimum atomic E-state index is 1.26. The van der Waals surface area contributed by atoms with Crippen LogP contribution >= 0.6 is 0 Å². The lowest BCUT2D eigenvalue weighted by Gasteiger charge is -2.21. The molecule has 0 heterocycles. The fraction of sp³-hybridized carbons (Fsp3) is 0. The molecule has 0 aliphatic rings. The largest absolute Gasteiger partial charge is 0.0616 e. The lowest BCUT2D eigenvalue weighted by atomic mass is 9.82. The molecule has 0 amide bonds. The van der Waals surface area contributed by atoms with Gasteiger partial charge in [-0.1, -0.05) is 158 Å². The zero-order valence-corrected chi connectivity index (χ0v) is 23.0. The molecule has 0 saturated heterocycles. The van der Waals surface area contributed by atoms with Crippen molar-refractivity contribution in [2.45, 2.75) is 0 Å². The van der Waals surface area contributed by atoms with E-state index in [2.05, 4.69) is 158 Å². The summed E-state index contributed by atoms with van der Waals surface area (Å²) in [5.41, 5.74) is 5.10. The third-order valence-corrected chi connectivity index (χ3v) is 9.03. The Morgan fingerprint density at radius 3 is 1.33 bits per heavy atom. The van der Waals surface area contributed by atoms with E-state index in [1.807, 2.05) is 0 Å². The summed E-state index contributed by atoms with van der Waals surface area (Å²) in [5.74, 6) is 0. The van der Waals surface area contributed by atoms with Crippen LogP contribution in [-0.2, 0) is 0 Å². The molecular weight excluding hydrogens is 504 g/mol. The van der Waals surface area contributed by atoms with Gasteiger partial charge in [0.2, 0.25) is 0 Å². The lowest BCUT2D eigenvalue weighted by Crippen LogP contribution is -1.93. The van der Waals surface area contributed by atoms with E-state index in [0.29, 0.717) is 0 Å². The Balaban J connectivity index is 1.61. The van der Waals surface area contributed by atoms with Gasteiger partial charge in [-0.15, -0.1) is 0 Å². The SMILES string of the molecule is c1ccc2c(-c3ccc4c5ccccc5c5ccc6ccccc6c5c4c3-c3cccc4ccccc34)cccc2c1. The molecule has 0 atom stereocenters. The molecule has 0 unspecified atom stereocenters. The summed E-state index contributed by atoms with van der Waals surface area (Å²) in [7, 11) is 0. The molecule has 0 fully saturated rings. The van der Waals surface area contributed by atoms with Crippen LogP contribution in [0.4, 0.5) is 0 Å². The molecule has 9 rings (SSSR count). The number of rotatable bonds is 2. The van der Waals surface area contributed by atoms with E-state index in [-0.39, 0.29) is 0 Å². The fourth-order valence-corrected chi connectivity index (χ4v) is 7.21. The molecule has 0 radical (unpaired) electrons. The molecule has 0 heteroatoms. The van der Waals surface area contributed by atoms with Crippen LogP contribution in [0, 0.1) is 0 Å². The first-order valence-electron chi connectivity index (χ1n) is 14.6. The first kappa shape index (κ1) is 23.3. The molecule has 0 saturated carbocycles. The molecule has 9 aromatic carbocycles. The van der Waals surface area contributed by atoms with Gasteiger partial charge < -0.3 is 0 Å². The first-order chi connectivity index (χ1) is 20.9. The highest BCUT2D eigenvalue weighted by Gasteiger charge is 2.20. The van der Waals surface area contributed by atoms with E-state index in [9.17, 15) is 0 Å². The second-order valence-corrected chi connectivity index (χ2v) is 11.2. The molecule has 194 valence electrons. The van der Waals surface area contributed by atoms with Crippen LogP contribution < -0.4 is 0 Å². The maximum Gasteiger partial charge on any atom is -0.000764 e. The Morgan fingerprint density at radius 1 is 0.214 bits per heavy atom. The Morgan fingerprint density at radius 2 is 0.667 bits per heavy atom. The zero-order valence-electron chi connectivity index (χ0n) is 23.0. The molecule has 0 spiro atoms. The lowest BCUT2D eigenvalue weighted by molar-refractivity contribution is 1.66. The quantitative estimate of drug-likeness (QED) is 0.195. The first-order valence-corrected chi connectivity index (χ1v) is 14.6. The Bertz CT molecular complexity index is 2500. The summed E-state index contributed by atoms with van der Waals surface area (Å²) >= 11 is 0. The molecule has 0 N–H and O–H groups in total. The zero-order chi connectivity index (χ0) is 27.6. The molecule has 0 bridgehead atoms. The monoisotopic (exact) mass is 530 g/mol. The molecule has 9 aromatic rings. The standard InChI is InChI=1S/C42H26/c1-4-16-30-27(11-1)14-9-21-33(30)38-25-26-39-35-20-8-7-19-34(35)37-24-23-29-13-3-6-18-32(29)40(37)42(39)41(38)36-22-10-15-28-12-2-5-17-31(28)36/h1-26H. The van der Waals surface area contributed by atoms with Gasteiger partial charge in [0.05, 0.1) is 0 Å². The van der Waals surface area contributed by atoms with Crippen molar-refractivity contribution in [2.75, 3.05) is 0 Å².